The second-order valence-corrected chi connectivity index (χ2v) is 7.59. The van der Waals surface area contributed by atoms with Crippen molar-refractivity contribution in [2.45, 2.75) is 5.16 Å². The van der Waals surface area contributed by atoms with E-state index in [-0.39, 0.29) is 17.3 Å². The van der Waals surface area contributed by atoms with Crippen LogP contribution in [0.1, 0.15) is 0 Å². The molecule has 0 bridgehead atoms. The summed E-state index contributed by atoms with van der Waals surface area (Å²) in [6, 6.07) is 20.2. The number of amides is 1. The van der Waals surface area contributed by atoms with Gasteiger partial charge in [-0.1, -0.05) is 42.1 Å². The number of nitrogens with zero attached hydrogens (tertiary/aromatic N) is 3. The fourth-order valence-electron chi connectivity index (χ4n) is 3.08. The summed E-state index contributed by atoms with van der Waals surface area (Å²) in [5, 5.41) is 11.7. The van der Waals surface area contributed by atoms with Crippen molar-refractivity contribution >= 4 is 23.4 Å². The van der Waals surface area contributed by atoms with Crippen LogP contribution in [0.2, 0.25) is 0 Å². The van der Waals surface area contributed by atoms with Gasteiger partial charge in [0.2, 0.25) is 5.91 Å². The van der Waals surface area contributed by atoms with Crippen molar-refractivity contribution < 1.29 is 18.3 Å². The van der Waals surface area contributed by atoms with Gasteiger partial charge in [0.1, 0.15) is 5.75 Å². The maximum absolute atomic E-state index is 13.4. The van der Waals surface area contributed by atoms with Gasteiger partial charge in [-0.05, 0) is 36.4 Å². The molecule has 0 atom stereocenters. The summed E-state index contributed by atoms with van der Waals surface area (Å²) in [5.74, 6) is -1.18. The first-order valence-corrected chi connectivity index (χ1v) is 10.6. The molecule has 0 aliphatic carbocycles. The Morgan fingerprint density at radius 2 is 1.75 bits per heavy atom. The third kappa shape index (κ3) is 4.62. The van der Waals surface area contributed by atoms with E-state index in [9.17, 15) is 13.6 Å². The van der Waals surface area contributed by atoms with Crippen LogP contribution in [0.4, 0.5) is 14.5 Å². The Labute approximate surface area is 187 Å². The minimum absolute atomic E-state index is 0.00408. The van der Waals surface area contributed by atoms with E-state index in [0.717, 1.165) is 23.4 Å². The fraction of sp³-hybridized carbons (Fsp3) is 0.0870. The molecule has 0 radical (unpaired) electrons. The van der Waals surface area contributed by atoms with Crippen LogP contribution in [0.3, 0.4) is 0 Å². The first-order valence-electron chi connectivity index (χ1n) is 9.58. The second-order valence-electron chi connectivity index (χ2n) is 6.64. The molecule has 1 heterocycles. The van der Waals surface area contributed by atoms with E-state index in [4.69, 9.17) is 4.74 Å². The number of carbonyl (C=O) groups excluding carboxylic acids is 1. The standard InChI is InChI=1S/C23H18F2N4O2S/c1-31-20-10-6-5-9-17(20)22-27-28-23(29(22)16-7-3-2-4-8-16)32-14-21(30)26-15-11-12-18(24)19(25)13-15/h2-13H,14H2,1H3,(H,26,30). The van der Waals surface area contributed by atoms with Crippen LogP contribution in [-0.4, -0.2) is 33.5 Å². The lowest BCUT2D eigenvalue weighted by molar-refractivity contribution is -0.113. The molecule has 32 heavy (non-hydrogen) atoms. The lowest BCUT2D eigenvalue weighted by Crippen LogP contribution is -2.15. The van der Waals surface area contributed by atoms with Gasteiger partial charge in [-0.2, -0.15) is 0 Å². The molecule has 0 aliphatic rings. The van der Waals surface area contributed by atoms with Crippen molar-refractivity contribution in [2.24, 2.45) is 0 Å². The molecule has 1 aromatic heterocycles. The minimum atomic E-state index is -1.03. The summed E-state index contributed by atoms with van der Waals surface area (Å²) in [6.45, 7) is 0. The summed E-state index contributed by atoms with van der Waals surface area (Å²) < 4.78 is 33.8. The molecule has 4 rings (SSSR count). The number of nitrogens with one attached hydrogen (secondary N) is 1. The maximum Gasteiger partial charge on any atom is 0.234 e. The van der Waals surface area contributed by atoms with Crippen LogP contribution in [0.25, 0.3) is 17.1 Å². The van der Waals surface area contributed by atoms with Gasteiger partial charge >= 0.3 is 0 Å². The zero-order valence-corrected chi connectivity index (χ0v) is 17.8. The molecule has 3 aromatic carbocycles. The van der Waals surface area contributed by atoms with Crippen molar-refractivity contribution in [1.29, 1.82) is 0 Å². The van der Waals surface area contributed by atoms with Crippen LogP contribution >= 0.6 is 11.8 Å². The Kier molecular flexibility index (Phi) is 6.46. The zero-order chi connectivity index (χ0) is 22.5. The molecule has 1 amide bonds. The number of hydrogen-bond acceptors (Lipinski definition) is 5. The zero-order valence-electron chi connectivity index (χ0n) is 17.0. The Hall–Kier alpha value is -3.72. The van der Waals surface area contributed by atoms with E-state index in [2.05, 4.69) is 15.5 Å². The Bertz CT molecular complexity index is 1250. The van der Waals surface area contributed by atoms with E-state index < -0.39 is 11.6 Å². The third-order valence-corrected chi connectivity index (χ3v) is 5.46. The second kappa shape index (κ2) is 9.61. The molecule has 0 fully saturated rings. The monoisotopic (exact) mass is 452 g/mol. The van der Waals surface area contributed by atoms with Gasteiger partial charge in [0.25, 0.3) is 0 Å². The number of para-hydroxylation sites is 2. The van der Waals surface area contributed by atoms with Crippen LogP contribution in [0, 0.1) is 11.6 Å². The highest BCUT2D eigenvalue weighted by Crippen LogP contribution is 2.33. The molecular weight excluding hydrogens is 434 g/mol. The molecule has 0 saturated carbocycles. The fourth-order valence-corrected chi connectivity index (χ4v) is 3.83. The van der Waals surface area contributed by atoms with E-state index in [1.54, 1.807) is 7.11 Å². The number of thioether (sulfide) groups is 1. The van der Waals surface area contributed by atoms with Crippen molar-refractivity contribution in [3.05, 3.63) is 84.4 Å². The summed E-state index contributed by atoms with van der Waals surface area (Å²) in [5.41, 5.74) is 1.75. The van der Waals surface area contributed by atoms with Crippen LogP contribution in [-0.2, 0) is 4.79 Å². The molecule has 9 heteroatoms. The molecule has 0 unspecified atom stereocenters. The quantitative estimate of drug-likeness (QED) is 0.402. The topological polar surface area (TPSA) is 69.0 Å². The third-order valence-electron chi connectivity index (χ3n) is 4.53. The minimum Gasteiger partial charge on any atom is -0.496 e. The van der Waals surface area contributed by atoms with Crippen molar-refractivity contribution in [1.82, 2.24) is 14.8 Å². The predicted molar refractivity (Wildman–Crippen MR) is 119 cm³/mol. The summed E-state index contributed by atoms with van der Waals surface area (Å²) in [7, 11) is 1.58. The van der Waals surface area contributed by atoms with E-state index in [1.165, 1.54) is 17.8 Å². The predicted octanol–water partition coefficient (Wildman–Crippen LogP) is 4.95. The van der Waals surface area contributed by atoms with Gasteiger partial charge in [-0.15, -0.1) is 10.2 Å². The number of methoxy groups -OCH3 is 1. The van der Waals surface area contributed by atoms with Crippen LogP contribution < -0.4 is 10.1 Å². The van der Waals surface area contributed by atoms with Gasteiger partial charge in [-0.25, -0.2) is 8.78 Å². The molecule has 6 nitrogen and oxygen atoms in total. The first kappa shape index (κ1) is 21.5. The SMILES string of the molecule is COc1ccccc1-c1nnc(SCC(=O)Nc2ccc(F)c(F)c2)n1-c1ccccc1. The van der Waals surface area contributed by atoms with Gasteiger partial charge in [0.15, 0.2) is 22.6 Å². The Morgan fingerprint density at radius 1 is 1.00 bits per heavy atom. The Balaban J connectivity index is 1.61. The first-order chi connectivity index (χ1) is 15.6. The molecule has 0 spiro atoms. The van der Waals surface area contributed by atoms with E-state index >= 15 is 0 Å². The normalized spacial score (nSPS) is 10.7. The number of hydrogen-bond donors (Lipinski definition) is 1. The Morgan fingerprint density at radius 3 is 2.50 bits per heavy atom. The van der Waals surface area contributed by atoms with Crippen molar-refractivity contribution in [3.8, 4) is 22.8 Å². The summed E-state index contributed by atoms with van der Waals surface area (Å²) in [4.78, 5) is 12.4. The highest BCUT2D eigenvalue weighted by atomic mass is 32.2. The van der Waals surface area contributed by atoms with E-state index in [1.807, 2.05) is 59.2 Å². The van der Waals surface area contributed by atoms with Crippen molar-refractivity contribution in [3.63, 3.8) is 0 Å². The summed E-state index contributed by atoms with van der Waals surface area (Å²) >= 11 is 1.17. The average molecular weight is 452 g/mol. The number of benzene rings is 3. The molecule has 0 saturated heterocycles. The lowest BCUT2D eigenvalue weighted by Gasteiger charge is -2.12. The van der Waals surface area contributed by atoms with Gasteiger partial charge in [-0.3, -0.25) is 9.36 Å². The van der Waals surface area contributed by atoms with Crippen LogP contribution in [0.5, 0.6) is 5.75 Å². The largest absolute Gasteiger partial charge is 0.496 e. The molecule has 4 aromatic rings. The number of rotatable bonds is 7. The number of carbonyl (C=O) groups is 1. The molecule has 162 valence electrons. The number of aromatic nitrogens is 3. The van der Waals surface area contributed by atoms with E-state index in [0.29, 0.717) is 16.7 Å². The number of halogens is 2. The average Bonchev–Trinajstić information content (AvgIpc) is 3.24. The highest BCUT2D eigenvalue weighted by molar-refractivity contribution is 7.99. The number of anilines is 1. The van der Waals surface area contributed by atoms with Gasteiger partial charge in [0, 0.05) is 17.4 Å². The molecule has 1 N–H and O–H groups in total. The van der Waals surface area contributed by atoms with Gasteiger partial charge in [0.05, 0.1) is 18.4 Å². The number of ether oxygens (including phenoxy) is 1. The van der Waals surface area contributed by atoms with Crippen LogP contribution in [0.15, 0.2) is 78.0 Å². The van der Waals surface area contributed by atoms with Crippen molar-refractivity contribution in [2.75, 3.05) is 18.2 Å². The molecule has 0 aliphatic heterocycles. The van der Waals surface area contributed by atoms with Gasteiger partial charge < -0.3 is 10.1 Å². The lowest BCUT2D eigenvalue weighted by atomic mass is 10.2. The summed E-state index contributed by atoms with van der Waals surface area (Å²) in [6.07, 6.45) is 0. The highest BCUT2D eigenvalue weighted by Gasteiger charge is 2.19. The smallest absolute Gasteiger partial charge is 0.234 e. The molecular formula is C23H18F2N4O2S. The maximum atomic E-state index is 13.4.